The van der Waals surface area contributed by atoms with E-state index in [0.717, 1.165) is 16.8 Å². The quantitative estimate of drug-likeness (QED) is 0.487. The molecule has 0 radical (unpaired) electrons. The number of aromatic nitrogens is 2. The summed E-state index contributed by atoms with van der Waals surface area (Å²) in [5.74, 6) is 0.240. The zero-order chi connectivity index (χ0) is 20.8. The molecular formula is C21H19ClN4O2S. The van der Waals surface area contributed by atoms with E-state index in [1.165, 1.54) is 11.8 Å². The SMILES string of the molecule is Cc1ccc(N(CCC#N)C(=O)C(C)Sc2nnc(-c3ccc(Cl)cc3)o2)cc1. The predicted octanol–water partition coefficient (Wildman–Crippen LogP) is 5.13. The first-order valence-electron chi connectivity index (χ1n) is 8.99. The summed E-state index contributed by atoms with van der Waals surface area (Å²) in [5, 5.41) is 17.5. The van der Waals surface area contributed by atoms with Crippen molar-refractivity contribution in [1.82, 2.24) is 10.2 Å². The second-order valence-corrected chi connectivity index (χ2v) is 8.10. The van der Waals surface area contributed by atoms with Crippen molar-refractivity contribution < 1.29 is 9.21 Å². The number of thioether (sulfide) groups is 1. The van der Waals surface area contributed by atoms with Crippen LogP contribution in [0.3, 0.4) is 0 Å². The van der Waals surface area contributed by atoms with Gasteiger partial charge in [-0.25, -0.2) is 0 Å². The number of aryl methyl sites for hydroxylation is 1. The summed E-state index contributed by atoms with van der Waals surface area (Å²) in [4.78, 5) is 14.7. The second kappa shape index (κ2) is 9.59. The maximum Gasteiger partial charge on any atom is 0.277 e. The molecule has 3 aromatic rings. The summed E-state index contributed by atoms with van der Waals surface area (Å²) < 4.78 is 5.69. The van der Waals surface area contributed by atoms with Crippen molar-refractivity contribution in [3.05, 3.63) is 59.1 Å². The molecule has 1 heterocycles. The molecule has 0 saturated carbocycles. The van der Waals surface area contributed by atoms with E-state index in [1.54, 1.807) is 36.1 Å². The highest BCUT2D eigenvalue weighted by molar-refractivity contribution is 8.00. The van der Waals surface area contributed by atoms with Crippen LogP contribution in [0.25, 0.3) is 11.5 Å². The van der Waals surface area contributed by atoms with E-state index < -0.39 is 5.25 Å². The number of nitrogens with zero attached hydrogens (tertiary/aromatic N) is 4. The lowest BCUT2D eigenvalue weighted by Crippen LogP contribution is -2.37. The Kier molecular flexibility index (Phi) is 6.91. The molecule has 0 spiro atoms. The largest absolute Gasteiger partial charge is 0.411 e. The average molecular weight is 427 g/mol. The average Bonchev–Trinajstić information content (AvgIpc) is 3.18. The monoisotopic (exact) mass is 426 g/mol. The summed E-state index contributed by atoms with van der Waals surface area (Å²) in [6.45, 7) is 4.09. The van der Waals surface area contributed by atoms with Crippen LogP contribution in [0.5, 0.6) is 0 Å². The molecular weight excluding hydrogens is 408 g/mol. The first-order valence-corrected chi connectivity index (χ1v) is 10.2. The van der Waals surface area contributed by atoms with Crippen LogP contribution in [0.15, 0.2) is 58.2 Å². The molecule has 0 saturated heterocycles. The van der Waals surface area contributed by atoms with Crippen LogP contribution >= 0.6 is 23.4 Å². The Balaban J connectivity index is 1.73. The van der Waals surface area contributed by atoms with Gasteiger partial charge in [0.05, 0.1) is 17.7 Å². The molecule has 2 aromatic carbocycles. The third-order valence-electron chi connectivity index (χ3n) is 4.18. The summed E-state index contributed by atoms with van der Waals surface area (Å²) in [6, 6.07) is 16.8. The van der Waals surface area contributed by atoms with Gasteiger partial charge in [0.25, 0.3) is 5.22 Å². The summed E-state index contributed by atoms with van der Waals surface area (Å²) in [5.41, 5.74) is 2.61. The fourth-order valence-corrected chi connectivity index (χ4v) is 3.51. The van der Waals surface area contributed by atoms with Gasteiger partial charge in [-0.15, -0.1) is 10.2 Å². The fourth-order valence-electron chi connectivity index (χ4n) is 2.64. The molecule has 0 aliphatic heterocycles. The number of nitriles is 1. The molecule has 3 rings (SSSR count). The van der Waals surface area contributed by atoms with Crippen LogP contribution in [0.2, 0.25) is 5.02 Å². The van der Waals surface area contributed by atoms with Crippen molar-refractivity contribution in [2.24, 2.45) is 0 Å². The Morgan fingerprint density at radius 1 is 1.21 bits per heavy atom. The van der Waals surface area contributed by atoms with Crippen LogP contribution in [0.1, 0.15) is 18.9 Å². The van der Waals surface area contributed by atoms with Crippen molar-refractivity contribution in [3.63, 3.8) is 0 Å². The summed E-state index contributed by atoms with van der Waals surface area (Å²) >= 11 is 7.09. The first-order chi connectivity index (χ1) is 14.0. The normalized spacial score (nSPS) is 11.7. The number of hydrogen-bond acceptors (Lipinski definition) is 6. The van der Waals surface area contributed by atoms with E-state index in [-0.39, 0.29) is 12.3 Å². The van der Waals surface area contributed by atoms with Gasteiger partial charge in [-0.05, 0) is 50.2 Å². The van der Waals surface area contributed by atoms with Crippen molar-refractivity contribution in [3.8, 4) is 17.5 Å². The molecule has 1 amide bonds. The predicted molar refractivity (Wildman–Crippen MR) is 114 cm³/mol. The third kappa shape index (κ3) is 5.37. The molecule has 1 atom stereocenters. The van der Waals surface area contributed by atoms with Crippen molar-refractivity contribution in [2.45, 2.75) is 30.7 Å². The third-order valence-corrected chi connectivity index (χ3v) is 5.36. The van der Waals surface area contributed by atoms with Gasteiger partial charge in [-0.2, -0.15) is 5.26 Å². The van der Waals surface area contributed by atoms with Gasteiger partial charge in [0, 0.05) is 22.8 Å². The van der Waals surface area contributed by atoms with Gasteiger partial charge in [0.15, 0.2) is 0 Å². The standard InChI is InChI=1S/C21H19ClN4O2S/c1-14-4-10-18(11-5-14)26(13-3-12-23)20(27)15(2)29-21-25-24-19(28-21)16-6-8-17(22)9-7-16/h4-11,15H,3,13H2,1-2H3. The molecule has 1 aromatic heterocycles. The van der Waals surface area contributed by atoms with Gasteiger partial charge in [0.2, 0.25) is 11.8 Å². The Labute approximate surface area is 178 Å². The minimum atomic E-state index is -0.464. The molecule has 0 N–H and O–H groups in total. The summed E-state index contributed by atoms with van der Waals surface area (Å²) in [7, 11) is 0. The van der Waals surface area contributed by atoms with E-state index in [2.05, 4.69) is 16.3 Å². The van der Waals surface area contributed by atoms with E-state index >= 15 is 0 Å². The van der Waals surface area contributed by atoms with Crippen LogP contribution < -0.4 is 4.90 Å². The number of carbonyl (C=O) groups is 1. The van der Waals surface area contributed by atoms with E-state index in [0.29, 0.717) is 22.7 Å². The van der Waals surface area contributed by atoms with Gasteiger partial charge < -0.3 is 9.32 Å². The van der Waals surface area contributed by atoms with Crippen LogP contribution in [-0.4, -0.2) is 27.9 Å². The number of benzene rings is 2. The molecule has 0 bridgehead atoms. The molecule has 29 heavy (non-hydrogen) atoms. The van der Waals surface area contributed by atoms with Gasteiger partial charge in [-0.3, -0.25) is 4.79 Å². The van der Waals surface area contributed by atoms with Crippen LogP contribution in [0.4, 0.5) is 5.69 Å². The first kappa shape index (κ1) is 20.9. The molecule has 8 heteroatoms. The topological polar surface area (TPSA) is 83.0 Å². The van der Waals surface area contributed by atoms with Crippen molar-refractivity contribution in [2.75, 3.05) is 11.4 Å². The fraction of sp³-hybridized carbons (Fsp3) is 0.238. The van der Waals surface area contributed by atoms with Crippen molar-refractivity contribution >= 4 is 35.0 Å². The lowest BCUT2D eigenvalue weighted by Gasteiger charge is -2.24. The number of rotatable bonds is 7. The molecule has 1 unspecified atom stereocenters. The summed E-state index contributed by atoms with van der Waals surface area (Å²) in [6.07, 6.45) is 0.248. The van der Waals surface area contributed by atoms with Crippen LogP contribution in [0, 0.1) is 18.3 Å². The second-order valence-electron chi connectivity index (χ2n) is 6.37. The van der Waals surface area contributed by atoms with Crippen LogP contribution in [-0.2, 0) is 4.79 Å². The molecule has 0 aliphatic carbocycles. The molecule has 0 aliphatic rings. The Bertz CT molecular complexity index is 1010. The minimum Gasteiger partial charge on any atom is -0.411 e. The highest BCUT2D eigenvalue weighted by Gasteiger charge is 2.25. The molecule has 6 nitrogen and oxygen atoms in total. The van der Waals surface area contributed by atoms with E-state index in [1.807, 2.05) is 31.2 Å². The number of amides is 1. The molecule has 148 valence electrons. The Hall–Kier alpha value is -2.82. The zero-order valence-corrected chi connectivity index (χ0v) is 17.6. The Morgan fingerprint density at radius 2 is 1.90 bits per heavy atom. The van der Waals surface area contributed by atoms with Gasteiger partial charge >= 0.3 is 0 Å². The maximum atomic E-state index is 13.0. The zero-order valence-electron chi connectivity index (χ0n) is 16.0. The smallest absolute Gasteiger partial charge is 0.277 e. The van der Waals surface area contributed by atoms with E-state index in [4.69, 9.17) is 21.3 Å². The number of halogens is 1. The highest BCUT2D eigenvalue weighted by Crippen LogP contribution is 2.29. The lowest BCUT2D eigenvalue weighted by atomic mass is 10.2. The van der Waals surface area contributed by atoms with Crippen molar-refractivity contribution in [1.29, 1.82) is 5.26 Å². The number of carbonyl (C=O) groups excluding carboxylic acids is 1. The molecule has 0 fully saturated rings. The van der Waals surface area contributed by atoms with Gasteiger partial charge in [-0.1, -0.05) is 41.1 Å². The number of anilines is 1. The van der Waals surface area contributed by atoms with E-state index in [9.17, 15) is 4.79 Å². The highest BCUT2D eigenvalue weighted by atomic mass is 35.5. The Morgan fingerprint density at radius 3 is 2.55 bits per heavy atom. The maximum absolute atomic E-state index is 13.0. The van der Waals surface area contributed by atoms with Gasteiger partial charge in [0.1, 0.15) is 0 Å². The lowest BCUT2D eigenvalue weighted by molar-refractivity contribution is -0.117. The number of hydrogen-bond donors (Lipinski definition) is 0. The minimum absolute atomic E-state index is 0.125.